The van der Waals surface area contributed by atoms with Crippen LogP contribution in [0.4, 0.5) is 0 Å². The molecule has 0 atom stereocenters. The largest absolute Gasteiger partial charge is 0.426 e. The fraction of sp³-hybridized carbons (Fsp3) is 0.412. The first-order valence-corrected chi connectivity index (χ1v) is 7.30. The summed E-state index contributed by atoms with van der Waals surface area (Å²) in [7, 11) is 6.25. The molecule has 118 valence electrons. The minimum absolute atomic E-state index is 0.275. The van der Waals surface area contributed by atoms with Gasteiger partial charge in [-0.1, -0.05) is 0 Å². The highest BCUT2D eigenvalue weighted by Crippen LogP contribution is 2.22. The van der Waals surface area contributed by atoms with Gasteiger partial charge in [0.05, 0.1) is 34.1 Å². The second-order valence-corrected chi connectivity index (χ2v) is 6.50. The maximum atomic E-state index is 11.8. The first kappa shape index (κ1) is 16.2. The Morgan fingerprint density at radius 2 is 1.95 bits per heavy atom. The number of benzene rings is 1. The first-order valence-electron chi connectivity index (χ1n) is 7.30. The molecule has 5 nitrogen and oxygen atoms in total. The summed E-state index contributed by atoms with van der Waals surface area (Å²) in [6.07, 6.45) is 1.13. The molecule has 5 heteroatoms. The summed E-state index contributed by atoms with van der Waals surface area (Å²) < 4.78 is 11.3. The topological polar surface area (TPSA) is 56.5 Å². The second kappa shape index (κ2) is 6.32. The molecule has 1 aromatic carbocycles. The predicted octanol–water partition coefficient (Wildman–Crippen LogP) is 2.49. The van der Waals surface area contributed by atoms with Crippen molar-refractivity contribution in [3.05, 3.63) is 40.2 Å². The smallest absolute Gasteiger partial charge is 0.336 e. The van der Waals surface area contributed by atoms with Crippen molar-refractivity contribution in [3.8, 4) is 5.75 Å². The first-order chi connectivity index (χ1) is 10.2. The van der Waals surface area contributed by atoms with Crippen molar-refractivity contribution in [2.45, 2.75) is 19.8 Å². The third-order valence-electron chi connectivity index (χ3n) is 3.36. The highest BCUT2D eigenvalue weighted by molar-refractivity contribution is 5.82. The van der Waals surface area contributed by atoms with E-state index in [2.05, 4.69) is 21.1 Å². The van der Waals surface area contributed by atoms with Crippen LogP contribution in [0.3, 0.4) is 0 Å². The average molecular weight is 304 g/mol. The number of hydrogen-bond donors (Lipinski definition) is 0. The Morgan fingerprint density at radius 1 is 1.23 bits per heavy atom. The third-order valence-corrected chi connectivity index (χ3v) is 3.36. The zero-order chi connectivity index (χ0) is 16.3. The van der Waals surface area contributed by atoms with Crippen LogP contribution in [0.15, 0.2) is 33.5 Å². The van der Waals surface area contributed by atoms with Crippen LogP contribution in [0.5, 0.6) is 5.75 Å². The van der Waals surface area contributed by atoms with E-state index in [1.807, 2.05) is 6.92 Å². The molecule has 0 spiro atoms. The van der Waals surface area contributed by atoms with Gasteiger partial charge in [-0.2, -0.15) is 0 Å². The number of aryl methyl sites for hydroxylation is 1. The van der Waals surface area contributed by atoms with Gasteiger partial charge in [0.1, 0.15) is 11.3 Å². The molecule has 0 amide bonds. The van der Waals surface area contributed by atoms with Crippen molar-refractivity contribution < 1.29 is 18.4 Å². The summed E-state index contributed by atoms with van der Waals surface area (Å²) in [6, 6.07) is 6.54. The molecular weight excluding hydrogens is 282 g/mol. The van der Waals surface area contributed by atoms with E-state index >= 15 is 0 Å². The number of nitrogens with zero attached hydrogens (tertiary/aromatic N) is 1. The molecule has 0 aliphatic carbocycles. The molecule has 0 bridgehead atoms. The number of fused-ring (bicyclic) bond motifs is 1. The highest BCUT2D eigenvalue weighted by atomic mass is 16.5. The maximum Gasteiger partial charge on any atom is 0.336 e. The van der Waals surface area contributed by atoms with Crippen molar-refractivity contribution in [3.63, 3.8) is 0 Å². The molecule has 0 fully saturated rings. The predicted molar refractivity (Wildman–Crippen MR) is 85.0 cm³/mol. The molecule has 2 rings (SSSR count). The molecule has 1 aromatic heterocycles. The molecule has 0 radical (unpaired) electrons. The second-order valence-electron chi connectivity index (χ2n) is 6.50. The van der Waals surface area contributed by atoms with E-state index < -0.39 is 5.63 Å². The van der Waals surface area contributed by atoms with Crippen LogP contribution >= 0.6 is 0 Å². The Bertz CT molecular complexity index is 740. The Labute approximate surface area is 129 Å². The van der Waals surface area contributed by atoms with Crippen LogP contribution in [0.1, 0.15) is 18.4 Å². The minimum atomic E-state index is -0.406. The molecule has 0 aliphatic rings. The fourth-order valence-electron chi connectivity index (χ4n) is 2.25. The van der Waals surface area contributed by atoms with E-state index in [1.54, 1.807) is 18.2 Å². The van der Waals surface area contributed by atoms with Gasteiger partial charge in [0.25, 0.3) is 0 Å². The van der Waals surface area contributed by atoms with Crippen molar-refractivity contribution in [1.82, 2.24) is 0 Å². The Kier molecular flexibility index (Phi) is 4.66. The van der Waals surface area contributed by atoms with Crippen LogP contribution in [-0.4, -0.2) is 38.1 Å². The normalized spacial score (nSPS) is 11.6. The number of ether oxygens (including phenoxy) is 1. The van der Waals surface area contributed by atoms with E-state index in [0.29, 0.717) is 17.8 Å². The van der Waals surface area contributed by atoms with Gasteiger partial charge >= 0.3 is 11.6 Å². The highest BCUT2D eigenvalue weighted by Gasteiger charge is 2.11. The summed E-state index contributed by atoms with van der Waals surface area (Å²) in [5.74, 6) is 0.124. The monoisotopic (exact) mass is 304 g/mol. The van der Waals surface area contributed by atoms with Crippen molar-refractivity contribution in [1.29, 1.82) is 0 Å². The van der Waals surface area contributed by atoms with Crippen LogP contribution < -0.4 is 10.4 Å². The van der Waals surface area contributed by atoms with Gasteiger partial charge in [-0.05, 0) is 24.6 Å². The number of quaternary nitrogens is 1. The van der Waals surface area contributed by atoms with E-state index in [9.17, 15) is 9.59 Å². The van der Waals surface area contributed by atoms with Crippen molar-refractivity contribution >= 4 is 16.9 Å². The van der Waals surface area contributed by atoms with Crippen LogP contribution in [0.2, 0.25) is 0 Å². The fourth-order valence-corrected chi connectivity index (χ4v) is 2.25. The Balaban J connectivity index is 2.05. The number of esters is 1. The zero-order valence-electron chi connectivity index (χ0n) is 13.5. The van der Waals surface area contributed by atoms with Gasteiger partial charge in [0.15, 0.2) is 0 Å². The van der Waals surface area contributed by atoms with Crippen LogP contribution in [-0.2, 0) is 4.79 Å². The van der Waals surface area contributed by atoms with E-state index in [1.165, 1.54) is 6.07 Å². The number of rotatable bonds is 5. The van der Waals surface area contributed by atoms with Crippen molar-refractivity contribution in [2.24, 2.45) is 0 Å². The standard InChI is InChI=1S/C17H22NO4/c1-12-10-17(20)22-15-11-13(7-8-14(12)15)21-16(19)6-5-9-18(2,3)4/h7-8,10-11H,5-6,9H2,1-4H3/q+1. The van der Waals surface area contributed by atoms with Gasteiger partial charge in [-0.15, -0.1) is 0 Å². The van der Waals surface area contributed by atoms with Crippen LogP contribution in [0.25, 0.3) is 11.0 Å². The minimum Gasteiger partial charge on any atom is -0.426 e. The maximum absolute atomic E-state index is 11.8. The number of carbonyl (C=O) groups is 1. The molecule has 0 unspecified atom stereocenters. The quantitative estimate of drug-likeness (QED) is 0.368. The molecule has 0 aliphatic heterocycles. The van der Waals surface area contributed by atoms with Gasteiger partial charge in [-0.25, -0.2) is 4.79 Å². The number of hydrogen-bond acceptors (Lipinski definition) is 4. The summed E-state index contributed by atoms with van der Waals surface area (Å²) in [5.41, 5.74) is 0.866. The van der Waals surface area contributed by atoms with E-state index in [4.69, 9.17) is 9.15 Å². The number of carbonyl (C=O) groups excluding carboxylic acids is 1. The van der Waals surface area contributed by atoms with Crippen LogP contribution in [0, 0.1) is 6.92 Å². The van der Waals surface area contributed by atoms with E-state index in [0.717, 1.165) is 28.4 Å². The lowest BCUT2D eigenvalue weighted by molar-refractivity contribution is -0.870. The van der Waals surface area contributed by atoms with Gasteiger partial charge in [0.2, 0.25) is 0 Å². The van der Waals surface area contributed by atoms with Gasteiger partial charge in [0, 0.05) is 23.9 Å². The summed E-state index contributed by atoms with van der Waals surface area (Å²) in [5, 5.41) is 0.837. The Morgan fingerprint density at radius 3 is 2.64 bits per heavy atom. The molecule has 0 saturated carbocycles. The molecule has 1 heterocycles. The zero-order valence-corrected chi connectivity index (χ0v) is 13.5. The summed E-state index contributed by atoms with van der Waals surface area (Å²) >= 11 is 0. The third kappa shape index (κ3) is 4.43. The Hall–Kier alpha value is -2.14. The van der Waals surface area contributed by atoms with E-state index in [-0.39, 0.29) is 5.97 Å². The molecule has 0 N–H and O–H groups in total. The van der Waals surface area contributed by atoms with Gasteiger partial charge in [-0.3, -0.25) is 4.79 Å². The lowest BCUT2D eigenvalue weighted by Crippen LogP contribution is -2.35. The van der Waals surface area contributed by atoms with Gasteiger partial charge < -0.3 is 13.6 Å². The summed E-state index contributed by atoms with van der Waals surface area (Å²) in [6.45, 7) is 2.75. The lowest BCUT2D eigenvalue weighted by Gasteiger charge is -2.23. The molecule has 2 aromatic rings. The molecular formula is C17H22NO4+. The molecule has 22 heavy (non-hydrogen) atoms. The summed E-state index contributed by atoms with van der Waals surface area (Å²) in [4.78, 5) is 23.2. The lowest BCUT2D eigenvalue weighted by atomic mass is 10.1. The average Bonchev–Trinajstić information content (AvgIpc) is 2.36. The SMILES string of the molecule is Cc1cc(=O)oc2cc(OC(=O)CCC[N+](C)(C)C)ccc12. The molecule has 0 saturated heterocycles. The van der Waals surface area contributed by atoms with Crippen molar-refractivity contribution in [2.75, 3.05) is 27.7 Å².